The smallest absolute Gasteiger partial charge is 0.308 e. The summed E-state index contributed by atoms with van der Waals surface area (Å²) in [7, 11) is 0. The molecule has 6 nitrogen and oxygen atoms in total. The highest BCUT2D eigenvalue weighted by Crippen LogP contribution is 2.36. The summed E-state index contributed by atoms with van der Waals surface area (Å²) in [5.74, 6) is -1.19. The van der Waals surface area contributed by atoms with Crippen molar-refractivity contribution in [2.24, 2.45) is 0 Å². The molecule has 1 aliphatic rings. The van der Waals surface area contributed by atoms with Crippen molar-refractivity contribution in [3.63, 3.8) is 0 Å². The summed E-state index contributed by atoms with van der Waals surface area (Å²) >= 11 is 1.32. The predicted octanol–water partition coefficient (Wildman–Crippen LogP) is 2.74. The van der Waals surface area contributed by atoms with E-state index in [1.54, 1.807) is 0 Å². The van der Waals surface area contributed by atoms with Crippen molar-refractivity contribution in [1.82, 2.24) is 5.32 Å². The number of carbonyl (C=O) groups is 3. The molecule has 0 unspecified atom stereocenters. The zero-order valence-corrected chi connectivity index (χ0v) is 15.6. The fourth-order valence-corrected chi connectivity index (χ4v) is 3.70. The summed E-state index contributed by atoms with van der Waals surface area (Å²) in [4.78, 5) is 37.3. The molecule has 0 radical (unpaired) electrons. The van der Waals surface area contributed by atoms with Crippen LogP contribution in [0.5, 0.6) is 0 Å². The molecule has 2 atom stereocenters. The molecular formula is C20H20N2O4S. The number of anilines is 1. The van der Waals surface area contributed by atoms with Crippen molar-refractivity contribution in [2.75, 3.05) is 5.32 Å². The monoisotopic (exact) mass is 384 g/mol. The molecule has 1 heterocycles. The summed E-state index contributed by atoms with van der Waals surface area (Å²) in [6.07, 6.45) is -1.02. The van der Waals surface area contributed by atoms with Crippen LogP contribution in [0.3, 0.4) is 0 Å². The maximum absolute atomic E-state index is 12.2. The Morgan fingerprint density at radius 3 is 2.63 bits per heavy atom. The fourth-order valence-electron chi connectivity index (χ4n) is 2.61. The van der Waals surface area contributed by atoms with Crippen molar-refractivity contribution >= 4 is 35.2 Å². The average molecular weight is 384 g/mol. The Balaban J connectivity index is 1.48. The normalized spacial score (nSPS) is 16.6. The second kappa shape index (κ2) is 8.73. The van der Waals surface area contributed by atoms with Gasteiger partial charge >= 0.3 is 5.97 Å². The van der Waals surface area contributed by atoms with Crippen LogP contribution in [0.4, 0.5) is 5.69 Å². The molecule has 0 saturated heterocycles. The number of nitrogens with one attached hydrogen (secondary N) is 2. The third kappa shape index (κ3) is 5.10. The molecule has 27 heavy (non-hydrogen) atoms. The topological polar surface area (TPSA) is 84.5 Å². The van der Waals surface area contributed by atoms with Crippen molar-refractivity contribution in [1.29, 1.82) is 0 Å². The minimum atomic E-state index is -0.926. The number of hydrogen-bond donors (Lipinski definition) is 2. The van der Waals surface area contributed by atoms with Gasteiger partial charge in [-0.3, -0.25) is 14.4 Å². The van der Waals surface area contributed by atoms with Crippen LogP contribution in [0.25, 0.3) is 0 Å². The number of ether oxygens (including phenoxy) is 1. The van der Waals surface area contributed by atoms with Crippen molar-refractivity contribution < 1.29 is 19.1 Å². The number of fused-ring (bicyclic) bond motifs is 1. The Morgan fingerprint density at radius 2 is 1.85 bits per heavy atom. The number of esters is 1. The molecule has 2 aromatic carbocycles. The highest BCUT2D eigenvalue weighted by atomic mass is 32.2. The maximum Gasteiger partial charge on any atom is 0.308 e. The molecular weight excluding hydrogens is 364 g/mol. The Hall–Kier alpha value is -2.80. The van der Waals surface area contributed by atoms with E-state index < -0.39 is 17.3 Å². The van der Waals surface area contributed by atoms with E-state index in [0.717, 1.165) is 16.1 Å². The number of carbonyl (C=O) groups excluding carboxylic acids is 3. The van der Waals surface area contributed by atoms with Crippen LogP contribution in [0, 0.1) is 0 Å². The first-order valence-electron chi connectivity index (χ1n) is 8.60. The SMILES string of the molecule is C[C@H](OC(=O)C[C@H]1Sc2ccccc2NC1=O)C(=O)NCc1ccccc1. The van der Waals surface area contributed by atoms with E-state index in [1.165, 1.54) is 18.7 Å². The Morgan fingerprint density at radius 1 is 1.15 bits per heavy atom. The van der Waals surface area contributed by atoms with E-state index in [-0.39, 0.29) is 18.2 Å². The fraction of sp³-hybridized carbons (Fsp3) is 0.250. The molecule has 7 heteroatoms. The van der Waals surface area contributed by atoms with Crippen molar-refractivity contribution in [2.45, 2.75) is 36.1 Å². The molecule has 3 rings (SSSR count). The lowest BCUT2D eigenvalue weighted by Gasteiger charge is -2.23. The molecule has 2 aromatic rings. The van der Waals surface area contributed by atoms with Crippen LogP contribution in [0.15, 0.2) is 59.5 Å². The number of para-hydroxylation sites is 1. The van der Waals surface area contributed by atoms with Gasteiger partial charge in [-0.05, 0) is 24.6 Å². The van der Waals surface area contributed by atoms with Crippen molar-refractivity contribution in [3.05, 3.63) is 60.2 Å². The van der Waals surface area contributed by atoms with E-state index in [1.807, 2.05) is 54.6 Å². The quantitative estimate of drug-likeness (QED) is 0.748. The number of benzene rings is 2. The van der Waals surface area contributed by atoms with E-state index in [4.69, 9.17) is 4.74 Å². The van der Waals surface area contributed by atoms with Gasteiger partial charge in [-0.15, -0.1) is 11.8 Å². The van der Waals surface area contributed by atoms with Gasteiger partial charge in [0.15, 0.2) is 6.10 Å². The first-order chi connectivity index (χ1) is 13.0. The number of hydrogen-bond acceptors (Lipinski definition) is 5. The second-order valence-electron chi connectivity index (χ2n) is 6.13. The van der Waals surface area contributed by atoms with E-state index in [9.17, 15) is 14.4 Å². The summed E-state index contributed by atoms with van der Waals surface area (Å²) in [5.41, 5.74) is 1.70. The van der Waals surface area contributed by atoms with Crippen molar-refractivity contribution in [3.8, 4) is 0 Å². The van der Waals surface area contributed by atoms with Gasteiger partial charge in [0.25, 0.3) is 5.91 Å². The van der Waals surface area contributed by atoms with Crippen LogP contribution < -0.4 is 10.6 Å². The largest absolute Gasteiger partial charge is 0.453 e. The van der Waals surface area contributed by atoms with Crippen LogP contribution in [0.2, 0.25) is 0 Å². The lowest BCUT2D eigenvalue weighted by molar-refractivity contribution is -0.155. The van der Waals surface area contributed by atoms with Crippen LogP contribution in [0.1, 0.15) is 18.9 Å². The first-order valence-corrected chi connectivity index (χ1v) is 9.48. The van der Waals surface area contributed by atoms with Crippen LogP contribution >= 0.6 is 11.8 Å². The highest BCUT2D eigenvalue weighted by molar-refractivity contribution is 8.01. The second-order valence-corrected chi connectivity index (χ2v) is 7.38. The third-order valence-corrected chi connectivity index (χ3v) is 5.32. The van der Waals surface area contributed by atoms with Gasteiger partial charge in [0.1, 0.15) is 0 Å². The number of amides is 2. The van der Waals surface area contributed by atoms with E-state index in [2.05, 4.69) is 10.6 Å². The molecule has 1 aliphatic heterocycles. The Labute approximate surface area is 161 Å². The van der Waals surface area contributed by atoms with Crippen LogP contribution in [-0.4, -0.2) is 29.1 Å². The molecule has 140 valence electrons. The Bertz CT molecular complexity index is 841. The molecule has 0 bridgehead atoms. The predicted molar refractivity (Wildman–Crippen MR) is 103 cm³/mol. The minimum Gasteiger partial charge on any atom is -0.453 e. The molecule has 0 spiro atoms. The highest BCUT2D eigenvalue weighted by Gasteiger charge is 2.30. The summed E-state index contributed by atoms with van der Waals surface area (Å²) in [5, 5.41) is 4.94. The van der Waals surface area contributed by atoms with Gasteiger partial charge in [0.2, 0.25) is 5.91 Å². The standard InChI is InChI=1S/C20H20N2O4S/c1-13(19(24)21-12-14-7-3-2-4-8-14)26-18(23)11-17-20(25)22-15-9-5-6-10-16(15)27-17/h2-10,13,17H,11-12H2,1H3,(H,21,24)(H,22,25)/t13-,17+/m0/s1. The summed E-state index contributed by atoms with van der Waals surface area (Å²) in [6.45, 7) is 1.88. The number of rotatable bonds is 6. The lowest BCUT2D eigenvalue weighted by Crippen LogP contribution is -2.37. The summed E-state index contributed by atoms with van der Waals surface area (Å²) in [6, 6.07) is 16.9. The average Bonchev–Trinajstić information content (AvgIpc) is 2.67. The maximum atomic E-state index is 12.2. The number of thioether (sulfide) groups is 1. The summed E-state index contributed by atoms with van der Waals surface area (Å²) < 4.78 is 5.20. The van der Waals surface area contributed by atoms with E-state index in [0.29, 0.717) is 6.54 Å². The Kier molecular flexibility index (Phi) is 6.13. The molecule has 0 aliphatic carbocycles. The van der Waals surface area contributed by atoms with Gasteiger partial charge in [-0.25, -0.2) is 0 Å². The first kappa shape index (κ1) is 19.0. The molecule has 2 N–H and O–H groups in total. The van der Waals surface area contributed by atoms with Gasteiger partial charge in [0, 0.05) is 11.4 Å². The molecule has 2 amide bonds. The van der Waals surface area contributed by atoms with Crippen LogP contribution in [-0.2, 0) is 25.7 Å². The van der Waals surface area contributed by atoms with E-state index >= 15 is 0 Å². The molecule has 0 fully saturated rings. The molecule has 0 saturated carbocycles. The van der Waals surface area contributed by atoms with Gasteiger partial charge in [-0.2, -0.15) is 0 Å². The molecule has 0 aromatic heterocycles. The van der Waals surface area contributed by atoms with Gasteiger partial charge in [0.05, 0.1) is 17.4 Å². The van der Waals surface area contributed by atoms with Gasteiger partial charge in [-0.1, -0.05) is 42.5 Å². The van der Waals surface area contributed by atoms with Gasteiger partial charge < -0.3 is 15.4 Å². The zero-order chi connectivity index (χ0) is 19.2. The lowest BCUT2D eigenvalue weighted by atomic mass is 10.2. The minimum absolute atomic E-state index is 0.0961. The third-order valence-electron chi connectivity index (χ3n) is 4.05. The zero-order valence-electron chi connectivity index (χ0n) is 14.8.